The average Bonchev–Trinajstić information content (AvgIpc) is 2.45. The second-order valence-electron chi connectivity index (χ2n) is 6.22. The molecule has 3 heteroatoms. The van der Waals surface area contributed by atoms with Crippen LogP contribution in [0.15, 0.2) is 36.4 Å². The van der Waals surface area contributed by atoms with Crippen LogP contribution in [0.3, 0.4) is 0 Å². The van der Waals surface area contributed by atoms with Crippen LogP contribution in [0.4, 0.5) is 5.69 Å². The smallest absolute Gasteiger partial charge is 0.123 e. The van der Waals surface area contributed by atoms with Crippen molar-refractivity contribution in [1.29, 1.82) is 5.41 Å². The number of anilines is 1. The predicted octanol–water partition coefficient (Wildman–Crippen LogP) is 4.12. The number of nitrogens with two attached hydrogens (primary N) is 2. The number of hydrogen-bond donors (Lipinski definition) is 3. The van der Waals surface area contributed by atoms with Crippen molar-refractivity contribution in [3.05, 3.63) is 53.1 Å². The number of aryl methyl sites for hydroxylation is 1. The summed E-state index contributed by atoms with van der Waals surface area (Å²) in [4.78, 5) is 0. The van der Waals surface area contributed by atoms with Gasteiger partial charge in [-0.2, -0.15) is 0 Å². The van der Waals surface area contributed by atoms with Gasteiger partial charge in [-0.05, 0) is 48.4 Å². The molecule has 0 fully saturated rings. The molecule has 2 rings (SSSR count). The highest BCUT2D eigenvalue weighted by molar-refractivity contribution is 6.03. The van der Waals surface area contributed by atoms with Crippen LogP contribution in [0.2, 0.25) is 0 Å². The van der Waals surface area contributed by atoms with Crippen molar-refractivity contribution in [1.82, 2.24) is 0 Å². The van der Waals surface area contributed by atoms with Crippen LogP contribution in [0.1, 0.15) is 37.0 Å². The fourth-order valence-corrected chi connectivity index (χ4v) is 2.76. The molecule has 0 heterocycles. The third-order valence-corrected chi connectivity index (χ3v) is 4.04. The standard InChI is InChI=1S/C19H25N3/c1-12(2)8-10-14-13(3)9-11-16(19(21)22)18(14)15-6-4-5-7-17(15)20/h4-7,9,11-12H,8,10,20H2,1-3H3,(H3,21,22). The molecule has 3 nitrogen and oxygen atoms in total. The van der Waals surface area contributed by atoms with Crippen LogP contribution < -0.4 is 11.5 Å². The lowest BCUT2D eigenvalue weighted by atomic mass is 9.86. The van der Waals surface area contributed by atoms with E-state index in [1.807, 2.05) is 30.3 Å². The van der Waals surface area contributed by atoms with Crippen molar-refractivity contribution in [2.75, 3.05) is 5.73 Å². The molecule has 2 aromatic rings. The highest BCUT2D eigenvalue weighted by Crippen LogP contribution is 2.34. The van der Waals surface area contributed by atoms with Gasteiger partial charge in [-0.3, -0.25) is 5.41 Å². The number of nitrogens with one attached hydrogen (secondary N) is 1. The molecule has 5 N–H and O–H groups in total. The minimum atomic E-state index is 0.0871. The topological polar surface area (TPSA) is 75.9 Å². The van der Waals surface area contributed by atoms with E-state index in [1.54, 1.807) is 0 Å². The van der Waals surface area contributed by atoms with Crippen molar-refractivity contribution in [2.24, 2.45) is 11.7 Å². The van der Waals surface area contributed by atoms with Crippen molar-refractivity contribution in [2.45, 2.75) is 33.6 Å². The lowest BCUT2D eigenvalue weighted by Gasteiger charge is -2.19. The fraction of sp³-hybridized carbons (Fsp3) is 0.316. The van der Waals surface area contributed by atoms with Crippen LogP contribution in [0.5, 0.6) is 0 Å². The molecule has 0 atom stereocenters. The summed E-state index contributed by atoms with van der Waals surface area (Å²) in [5.74, 6) is 0.713. The van der Waals surface area contributed by atoms with Crippen LogP contribution in [0, 0.1) is 18.3 Å². The molecule has 116 valence electrons. The minimum absolute atomic E-state index is 0.0871. The van der Waals surface area contributed by atoms with Gasteiger partial charge in [0, 0.05) is 16.8 Å². The predicted molar refractivity (Wildman–Crippen MR) is 95.2 cm³/mol. The Morgan fingerprint density at radius 3 is 2.41 bits per heavy atom. The third-order valence-electron chi connectivity index (χ3n) is 4.04. The number of hydrogen-bond acceptors (Lipinski definition) is 2. The summed E-state index contributed by atoms with van der Waals surface area (Å²) in [6.45, 7) is 6.56. The van der Waals surface area contributed by atoms with E-state index in [9.17, 15) is 0 Å². The zero-order valence-corrected chi connectivity index (χ0v) is 13.6. The van der Waals surface area contributed by atoms with Gasteiger partial charge in [0.1, 0.15) is 5.84 Å². The van der Waals surface area contributed by atoms with E-state index in [4.69, 9.17) is 16.9 Å². The lowest BCUT2D eigenvalue weighted by molar-refractivity contribution is 0.586. The molecule has 0 spiro atoms. The third kappa shape index (κ3) is 3.30. The average molecular weight is 295 g/mol. The first-order valence-electron chi connectivity index (χ1n) is 7.73. The maximum atomic E-state index is 7.92. The lowest BCUT2D eigenvalue weighted by Crippen LogP contribution is -2.15. The molecule has 0 aliphatic heterocycles. The van der Waals surface area contributed by atoms with E-state index in [0.29, 0.717) is 5.92 Å². The monoisotopic (exact) mass is 295 g/mol. The molecule has 0 aliphatic carbocycles. The van der Waals surface area contributed by atoms with Crippen LogP contribution in [-0.2, 0) is 6.42 Å². The highest BCUT2D eigenvalue weighted by atomic mass is 14.7. The second-order valence-corrected chi connectivity index (χ2v) is 6.22. The Morgan fingerprint density at radius 2 is 1.82 bits per heavy atom. The molecule has 0 aliphatic rings. The van der Waals surface area contributed by atoms with Crippen molar-refractivity contribution in [3.63, 3.8) is 0 Å². The Labute approximate surface area is 132 Å². The first-order valence-corrected chi connectivity index (χ1v) is 7.73. The van der Waals surface area contributed by atoms with E-state index < -0.39 is 0 Å². The Morgan fingerprint density at radius 1 is 1.14 bits per heavy atom. The molecule has 0 unspecified atom stereocenters. The Hall–Kier alpha value is -2.29. The van der Waals surface area contributed by atoms with Gasteiger partial charge in [-0.15, -0.1) is 0 Å². The molecule has 0 radical (unpaired) electrons. The normalized spacial score (nSPS) is 10.9. The zero-order chi connectivity index (χ0) is 16.3. The summed E-state index contributed by atoms with van der Waals surface area (Å²) >= 11 is 0. The number of rotatable bonds is 5. The van der Waals surface area contributed by atoms with Crippen molar-refractivity contribution >= 4 is 11.5 Å². The van der Waals surface area contributed by atoms with E-state index in [1.165, 1.54) is 11.1 Å². The van der Waals surface area contributed by atoms with Crippen molar-refractivity contribution in [3.8, 4) is 11.1 Å². The van der Waals surface area contributed by atoms with E-state index in [-0.39, 0.29) is 5.84 Å². The van der Waals surface area contributed by atoms with E-state index in [0.717, 1.165) is 35.2 Å². The van der Waals surface area contributed by atoms with Gasteiger partial charge in [0.25, 0.3) is 0 Å². The SMILES string of the molecule is Cc1ccc(C(=N)N)c(-c2ccccc2N)c1CCC(C)C. The summed E-state index contributed by atoms with van der Waals surface area (Å²) in [5.41, 5.74) is 18.0. The highest BCUT2D eigenvalue weighted by Gasteiger charge is 2.17. The first-order chi connectivity index (χ1) is 10.4. The Kier molecular flexibility index (Phi) is 4.86. The van der Waals surface area contributed by atoms with Crippen molar-refractivity contribution < 1.29 is 0 Å². The molecule has 0 amide bonds. The summed E-state index contributed by atoms with van der Waals surface area (Å²) < 4.78 is 0. The van der Waals surface area contributed by atoms with Gasteiger partial charge in [-0.1, -0.05) is 44.2 Å². The van der Waals surface area contributed by atoms with Gasteiger partial charge < -0.3 is 11.5 Å². The maximum Gasteiger partial charge on any atom is 0.123 e. The molecule has 0 bridgehead atoms. The molecular weight excluding hydrogens is 270 g/mol. The maximum absolute atomic E-state index is 7.92. The fourth-order valence-electron chi connectivity index (χ4n) is 2.76. The largest absolute Gasteiger partial charge is 0.398 e. The van der Waals surface area contributed by atoms with E-state index >= 15 is 0 Å². The summed E-state index contributed by atoms with van der Waals surface area (Å²) in [6.07, 6.45) is 2.07. The van der Waals surface area contributed by atoms with Crippen LogP contribution in [-0.4, -0.2) is 5.84 Å². The zero-order valence-electron chi connectivity index (χ0n) is 13.6. The van der Waals surface area contributed by atoms with Gasteiger partial charge in [0.2, 0.25) is 0 Å². The summed E-state index contributed by atoms with van der Waals surface area (Å²) in [6, 6.07) is 11.8. The van der Waals surface area contributed by atoms with E-state index in [2.05, 4.69) is 26.8 Å². The molecular formula is C19H25N3. The summed E-state index contributed by atoms with van der Waals surface area (Å²) in [7, 11) is 0. The quantitative estimate of drug-likeness (QED) is 0.441. The van der Waals surface area contributed by atoms with Gasteiger partial charge in [-0.25, -0.2) is 0 Å². The number of amidine groups is 1. The Balaban J connectivity index is 2.69. The van der Waals surface area contributed by atoms with Crippen LogP contribution in [0.25, 0.3) is 11.1 Å². The molecule has 0 saturated carbocycles. The van der Waals surface area contributed by atoms with Gasteiger partial charge >= 0.3 is 0 Å². The molecule has 22 heavy (non-hydrogen) atoms. The molecule has 0 saturated heterocycles. The second kappa shape index (κ2) is 6.65. The number of benzene rings is 2. The first kappa shape index (κ1) is 16.1. The van der Waals surface area contributed by atoms with Gasteiger partial charge in [0.15, 0.2) is 0 Å². The molecule has 2 aromatic carbocycles. The Bertz CT molecular complexity index is 687. The minimum Gasteiger partial charge on any atom is -0.398 e. The summed E-state index contributed by atoms with van der Waals surface area (Å²) in [5, 5.41) is 7.92. The number of para-hydroxylation sites is 1. The van der Waals surface area contributed by atoms with Crippen LogP contribution >= 0.6 is 0 Å². The van der Waals surface area contributed by atoms with Gasteiger partial charge in [0.05, 0.1) is 0 Å². The number of nitrogen functional groups attached to an aromatic ring is 2. The molecule has 0 aromatic heterocycles.